The molecule has 1 unspecified atom stereocenters. The molecule has 18 heavy (non-hydrogen) atoms. The molecule has 0 radical (unpaired) electrons. The van der Waals surface area contributed by atoms with Crippen LogP contribution in [0.5, 0.6) is 0 Å². The van der Waals surface area contributed by atoms with Crippen molar-refractivity contribution in [2.24, 2.45) is 0 Å². The van der Waals surface area contributed by atoms with E-state index in [0.29, 0.717) is 0 Å². The molecule has 0 bridgehead atoms. The Hall–Kier alpha value is -0.290. The van der Waals surface area contributed by atoms with E-state index in [4.69, 9.17) is 0 Å². The van der Waals surface area contributed by atoms with Crippen molar-refractivity contribution in [3.63, 3.8) is 0 Å². The lowest BCUT2D eigenvalue weighted by atomic mass is 10.1. The van der Waals surface area contributed by atoms with Crippen molar-refractivity contribution in [3.05, 3.63) is 57.0 Å². The molecule has 4 heteroatoms. The minimum absolute atomic E-state index is 0.441. The molecule has 2 rings (SSSR count). The molecule has 0 amide bonds. The molecule has 94 valence electrons. The summed E-state index contributed by atoms with van der Waals surface area (Å²) in [5, 5.41) is 9.54. The molecule has 0 saturated carbocycles. The smallest absolute Gasteiger partial charge is 0.0762 e. The second kappa shape index (κ2) is 6.24. The Morgan fingerprint density at radius 3 is 2.28 bits per heavy atom. The van der Waals surface area contributed by atoms with Gasteiger partial charge in [0.2, 0.25) is 0 Å². The number of hydrogen-bond acceptors (Lipinski definition) is 2. The Labute approximate surface area is 128 Å². The van der Waals surface area contributed by atoms with E-state index in [0.717, 1.165) is 19.4 Å². The van der Waals surface area contributed by atoms with Gasteiger partial charge in [0.1, 0.15) is 0 Å². The van der Waals surface area contributed by atoms with Gasteiger partial charge in [0.05, 0.1) is 6.10 Å². The molecule has 2 aromatic rings. The maximum atomic E-state index is 9.54. The van der Waals surface area contributed by atoms with Crippen LogP contribution < -0.4 is 0 Å². The van der Waals surface area contributed by atoms with Gasteiger partial charge < -0.3 is 5.11 Å². The molecule has 0 aliphatic rings. The molecule has 0 saturated heterocycles. The first-order valence-corrected chi connectivity index (χ1v) is 7.88. The van der Waals surface area contributed by atoms with Crippen LogP contribution >= 0.6 is 43.6 Å². The van der Waals surface area contributed by atoms with Crippen LogP contribution in [0, 0.1) is 0 Å². The summed E-state index contributed by atoms with van der Waals surface area (Å²) < 4.78 is 2.09. The van der Waals surface area contributed by atoms with Crippen LogP contribution in [0.15, 0.2) is 61.2 Å². The fourth-order valence-corrected chi connectivity index (χ4v) is 3.51. The van der Waals surface area contributed by atoms with Crippen molar-refractivity contribution >= 4 is 43.6 Å². The van der Waals surface area contributed by atoms with E-state index in [1.54, 1.807) is 18.7 Å². The predicted octanol–water partition coefficient (Wildman–Crippen LogP) is 5.42. The van der Waals surface area contributed by atoms with Gasteiger partial charge in [-0.25, -0.2) is 0 Å². The predicted molar refractivity (Wildman–Crippen MR) is 83.0 cm³/mol. The topological polar surface area (TPSA) is 20.2 Å². The molecule has 0 spiro atoms. The molecule has 1 nitrogen and oxygen atoms in total. The Kier molecular flexibility index (Phi) is 4.90. The van der Waals surface area contributed by atoms with Gasteiger partial charge in [0.15, 0.2) is 0 Å². The summed E-state index contributed by atoms with van der Waals surface area (Å²) in [6.45, 7) is 1.77. The highest BCUT2D eigenvalue weighted by Crippen LogP contribution is 2.38. The monoisotopic (exact) mass is 386 g/mol. The van der Waals surface area contributed by atoms with Gasteiger partial charge in [-0.2, -0.15) is 0 Å². The largest absolute Gasteiger partial charge is 0.389 e. The van der Waals surface area contributed by atoms with E-state index in [9.17, 15) is 5.11 Å². The maximum absolute atomic E-state index is 9.54. The molecule has 1 N–H and O–H groups in total. The minimum atomic E-state index is -0.441. The van der Waals surface area contributed by atoms with Crippen molar-refractivity contribution in [2.75, 3.05) is 0 Å². The number of halogens is 2. The first-order chi connectivity index (χ1) is 8.58. The second-order valence-electron chi connectivity index (χ2n) is 3.90. The average Bonchev–Trinajstić information content (AvgIpc) is 2.34. The first-order valence-electron chi connectivity index (χ1n) is 5.48. The fourth-order valence-electron chi connectivity index (χ4n) is 1.51. The standard InChI is InChI=1S/C14H12Br2OS/c1-9(17)10-6-7-14(12(16)8-10)18-13-5-3-2-4-11(13)15/h2-9,17H,1H3. The third kappa shape index (κ3) is 3.38. The minimum Gasteiger partial charge on any atom is -0.389 e. The van der Waals surface area contributed by atoms with Gasteiger partial charge in [-0.15, -0.1) is 0 Å². The Bertz CT molecular complexity index is 555. The van der Waals surface area contributed by atoms with Crippen LogP contribution in [0.3, 0.4) is 0 Å². The molecule has 0 fully saturated rings. The zero-order chi connectivity index (χ0) is 13.1. The maximum Gasteiger partial charge on any atom is 0.0762 e. The van der Waals surface area contributed by atoms with E-state index in [1.165, 1.54) is 4.90 Å². The van der Waals surface area contributed by atoms with Crippen LogP contribution in [0.4, 0.5) is 0 Å². The molecule has 0 aliphatic heterocycles. The van der Waals surface area contributed by atoms with Crippen LogP contribution in [0.1, 0.15) is 18.6 Å². The van der Waals surface area contributed by atoms with Crippen LogP contribution in [0.25, 0.3) is 0 Å². The van der Waals surface area contributed by atoms with Gasteiger partial charge in [0, 0.05) is 18.7 Å². The van der Waals surface area contributed by atoms with Gasteiger partial charge in [-0.05, 0) is 68.6 Å². The Morgan fingerprint density at radius 2 is 1.67 bits per heavy atom. The lowest BCUT2D eigenvalue weighted by Gasteiger charge is -2.10. The summed E-state index contributed by atoms with van der Waals surface area (Å²) in [7, 11) is 0. The van der Waals surface area contributed by atoms with Crippen LogP contribution in [-0.4, -0.2) is 5.11 Å². The van der Waals surface area contributed by atoms with Crippen molar-refractivity contribution in [2.45, 2.75) is 22.8 Å². The lowest BCUT2D eigenvalue weighted by Crippen LogP contribution is -1.90. The summed E-state index contributed by atoms with van der Waals surface area (Å²) in [6.07, 6.45) is -0.441. The summed E-state index contributed by atoms with van der Waals surface area (Å²) in [5.41, 5.74) is 0.915. The lowest BCUT2D eigenvalue weighted by molar-refractivity contribution is 0.199. The molecular weight excluding hydrogens is 376 g/mol. The van der Waals surface area contributed by atoms with Gasteiger partial charge in [0.25, 0.3) is 0 Å². The zero-order valence-corrected chi connectivity index (χ0v) is 13.7. The molecule has 2 aromatic carbocycles. The van der Waals surface area contributed by atoms with E-state index < -0.39 is 6.10 Å². The van der Waals surface area contributed by atoms with Gasteiger partial charge >= 0.3 is 0 Å². The summed E-state index contributed by atoms with van der Waals surface area (Å²) in [4.78, 5) is 2.30. The Morgan fingerprint density at radius 1 is 1.00 bits per heavy atom. The van der Waals surface area contributed by atoms with Crippen molar-refractivity contribution < 1.29 is 5.11 Å². The summed E-state index contributed by atoms with van der Waals surface area (Å²) >= 11 is 8.78. The fraction of sp³-hybridized carbons (Fsp3) is 0.143. The normalized spacial score (nSPS) is 12.4. The number of aliphatic hydroxyl groups is 1. The highest BCUT2D eigenvalue weighted by Gasteiger charge is 2.08. The van der Waals surface area contributed by atoms with Gasteiger partial charge in [-0.3, -0.25) is 0 Å². The highest BCUT2D eigenvalue weighted by atomic mass is 79.9. The highest BCUT2D eigenvalue weighted by molar-refractivity contribution is 9.11. The molecule has 0 aliphatic carbocycles. The molecule has 0 heterocycles. The average molecular weight is 388 g/mol. The number of benzene rings is 2. The van der Waals surface area contributed by atoms with E-state index in [2.05, 4.69) is 37.9 Å². The van der Waals surface area contributed by atoms with Crippen LogP contribution in [0.2, 0.25) is 0 Å². The number of aliphatic hydroxyl groups excluding tert-OH is 1. The molecule has 1 atom stereocenters. The Balaban J connectivity index is 2.28. The molecule has 0 aromatic heterocycles. The number of rotatable bonds is 3. The third-order valence-electron chi connectivity index (χ3n) is 2.49. The van der Waals surface area contributed by atoms with E-state index >= 15 is 0 Å². The van der Waals surface area contributed by atoms with Crippen molar-refractivity contribution in [1.29, 1.82) is 0 Å². The van der Waals surface area contributed by atoms with Crippen LogP contribution in [-0.2, 0) is 0 Å². The number of hydrogen-bond donors (Lipinski definition) is 1. The SMILES string of the molecule is CC(O)c1ccc(Sc2ccccc2Br)c(Br)c1. The first kappa shape index (κ1) is 14.1. The second-order valence-corrected chi connectivity index (χ2v) is 6.69. The van der Waals surface area contributed by atoms with Crippen molar-refractivity contribution in [3.8, 4) is 0 Å². The van der Waals surface area contributed by atoms with Gasteiger partial charge in [-0.1, -0.05) is 30.0 Å². The van der Waals surface area contributed by atoms with E-state index in [-0.39, 0.29) is 0 Å². The summed E-state index contributed by atoms with van der Waals surface area (Å²) in [6, 6.07) is 14.1. The third-order valence-corrected chi connectivity index (χ3v) is 5.52. The molecular formula is C14H12Br2OS. The van der Waals surface area contributed by atoms with E-state index in [1.807, 2.05) is 36.4 Å². The van der Waals surface area contributed by atoms with Crippen molar-refractivity contribution in [1.82, 2.24) is 0 Å². The quantitative estimate of drug-likeness (QED) is 0.758. The zero-order valence-electron chi connectivity index (χ0n) is 9.73. The summed E-state index contributed by atoms with van der Waals surface area (Å²) in [5.74, 6) is 0.